The molecule has 0 spiro atoms. The molecule has 0 saturated heterocycles. The third kappa shape index (κ3) is 4.37. The number of anilines is 2. The molecule has 6 heteroatoms. The van der Waals surface area contributed by atoms with Gasteiger partial charge in [-0.2, -0.15) is 0 Å². The first kappa shape index (κ1) is 15.2. The Morgan fingerprint density at radius 1 is 1.24 bits per heavy atom. The Morgan fingerprint density at radius 2 is 1.95 bits per heavy atom. The maximum Gasteiger partial charge on any atom is 0.262 e. The molecular weight excluding hydrogens is 292 g/mol. The average molecular weight is 307 g/mol. The fourth-order valence-electron chi connectivity index (χ4n) is 1.66. The Kier molecular flexibility index (Phi) is 5.03. The number of nitrogen functional groups attached to an aromatic ring is 1. The molecule has 0 aliphatic heterocycles. The first-order valence-electron chi connectivity index (χ1n) is 6.26. The average Bonchev–Trinajstić information content (AvgIpc) is 2.48. The molecule has 0 aliphatic rings. The van der Waals surface area contributed by atoms with Crippen LogP contribution in [0.3, 0.4) is 0 Å². The van der Waals surface area contributed by atoms with Crippen LogP contribution in [0.1, 0.15) is 5.56 Å². The van der Waals surface area contributed by atoms with Crippen LogP contribution in [0, 0.1) is 0 Å². The maximum atomic E-state index is 11.8. The molecule has 0 bridgehead atoms. The zero-order chi connectivity index (χ0) is 15.2. The van der Waals surface area contributed by atoms with E-state index in [0.717, 1.165) is 5.56 Å². The van der Waals surface area contributed by atoms with Crippen molar-refractivity contribution >= 4 is 28.9 Å². The van der Waals surface area contributed by atoms with Gasteiger partial charge in [0.15, 0.2) is 6.61 Å². The number of hydrogen-bond donors (Lipinski definition) is 3. The number of rotatable bonds is 5. The first-order valence-corrected chi connectivity index (χ1v) is 6.64. The van der Waals surface area contributed by atoms with Crippen LogP contribution in [0.4, 0.5) is 11.4 Å². The highest BCUT2D eigenvalue weighted by molar-refractivity contribution is 6.34. The summed E-state index contributed by atoms with van der Waals surface area (Å²) >= 11 is 5.96. The first-order chi connectivity index (χ1) is 10.1. The van der Waals surface area contributed by atoms with E-state index in [9.17, 15) is 4.79 Å². The highest BCUT2D eigenvalue weighted by Gasteiger charge is 2.07. The van der Waals surface area contributed by atoms with Gasteiger partial charge in [-0.3, -0.25) is 4.79 Å². The molecule has 0 atom stereocenters. The van der Waals surface area contributed by atoms with Gasteiger partial charge >= 0.3 is 0 Å². The van der Waals surface area contributed by atoms with E-state index in [2.05, 4.69) is 5.32 Å². The molecule has 1 amide bonds. The Balaban J connectivity index is 1.89. The molecule has 0 aliphatic carbocycles. The third-order valence-electron chi connectivity index (χ3n) is 2.74. The summed E-state index contributed by atoms with van der Waals surface area (Å²) in [7, 11) is 0. The van der Waals surface area contributed by atoms with E-state index in [1.54, 1.807) is 42.5 Å². The van der Waals surface area contributed by atoms with E-state index in [1.807, 2.05) is 0 Å². The smallest absolute Gasteiger partial charge is 0.262 e. The molecule has 4 N–H and O–H groups in total. The highest BCUT2D eigenvalue weighted by Crippen LogP contribution is 2.24. The van der Waals surface area contributed by atoms with Gasteiger partial charge < -0.3 is 20.9 Å². The zero-order valence-electron chi connectivity index (χ0n) is 11.2. The number of halogens is 1. The van der Waals surface area contributed by atoms with Gasteiger partial charge in [-0.15, -0.1) is 0 Å². The van der Waals surface area contributed by atoms with E-state index >= 15 is 0 Å². The van der Waals surface area contributed by atoms with E-state index in [4.69, 9.17) is 27.2 Å². The lowest BCUT2D eigenvalue weighted by molar-refractivity contribution is -0.118. The second-order valence-corrected chi connectivity index (χ2v) is 4.79. The second kappa shape index (κ2) is 6.97. The summed E-state index contributed by atoms with van der Waals surface area (Å²) in [6, 6.07) is 11.7. The molecule has 0 aromatic heterocycles. The van der Waals surface area contributed by atoms with Crippen LogP contribution in [-0.4, -0.2) is 17.6 Å². The molecular formula is C15H15ClN2O3. The normalized spacial score (nSPS) is 10.2. The molecule has 0 heterocycles. The Morgan fingerprint density at radius 3 is 2.57 bits per heavy atom. The van der Waals surface area contributed by atoms with Gasteiger partial charge in [-0.25, -0.2) is 0 Å². The van der Waals surface area contributed by atoms with E-state index in [-0.39, 0.29) is 19.1 Å². The molecule has 0 fully saturated rings. The molecule has 2 aromatic carbocycles. The summed E-state index contributed by atoms with van der Waals surface area (Å²) in [5, 5.41) is 11.9. The van der Waals surface area contributed by atoms with Crippen LogP contribution < -0.4 is 15.8 Å². The van der Waals surface area contributed by atoms with Crippen molar-refractivity contribution in [3.05, 3.63) is 53.1 Å². The quantitative estimate of drug-likeness (QED) is 0.741. The maximum absolute atomic E-state index is 11.8. The van der Waals surface area contributed by atoms with Crippen molar-refractivity contribution in [1.82, 2.24) is 0 Å². The van der Waals surface area contributed by atoms with E-state index < -0.39 is 0 Å². The number of carbonyl (C=O) groups excluding carboxylic acids is 1. The van der Waals surface area contributed by atoms with Crippen molar-refractivity contribution < 1.29 is 14.6 Å². The number of benzene rings is 2. The second-order valence-electron chi connectivity index (χ2n) is 4.38. The van der Waals surface area contributed by atoms with Gasteiger partial charge in [0.05, 0.1) is 17.3 Å². The molecule has 0 unspecified atom stereocenters. The number of nitrogens with two attached hydrogens (primary N) is 1. The van der Waals surface area contributed by atoms with Crippen LogP contribution in [-0.2, 0) is 11.4 Å². The molecule has 0 saturated carbocycles. The van der Waals surface area contributed by atoms with Crippen molar-refractivity contribution in [2.24, 2.45) is 0 Å². The lowest BCUT2D eigenvalue weighted by atomic mass is 10.2. The van der Waals surface area contributed by atoms with Crippen LogP contribution in [0.15, 0.2) is 42.5 Å². The van der Waals surface area contributed by atoms with E-state index in [1.165, 1.54) is 0 Å². The fourth-order valence-corrected chi connectivity index (χ4v) is 1.90. The number of amides is 1. The zero-order valence-corrected chi connectivity index (χ0v) is 11.9. The van der Waals surface area contributed by atoms with Crippen LogP contribution in [0.5, 0.6) is 5.75 Å². The molecule has 110 valence electrons. The Hall–Kier alpha value is -2.24. The molecule has 2 rings (SSSR count). The summed E-state index contributed by atoms with van der Waals surface area (Å²) in [6.45, 7) is -0.171. The van der Waals surface area contributed by atoms with Gasteiger partial charge in [-0.05, 0) is 35.9 Å². The van der Waals surface area contributed by atoms with Crippen molar-refractivity contribution in [1.29, 1.82) is 0 Å². The lowest BCUT2D eigenvalue weighted by Gasteiger charge is -2.09. The molecule has 0 radical (unpaired) electrons. The van der Waals surface area contributed by atoms with Gasteiger partial charge in [0, 0.05) is 5.69 Å². The predicted molar refractivity (Wildman–Crippen MR) is 82.4 cm³/mol. The summed E-state index contributed by atoms with van der Waals surface area (Å²) in [6.07, 6.45) is 0. The summed E-state index contributed by atoms with van der Waals surface area (Å²) in [4.78, 5) is 11.8. The molecule has 5 nitrogen and oxygen atoms in total. The minimum atomic E-state index is -0.326. The number of aliphatic hydroxyl groups is 1. The standard InChI is InChI=1S/C15H15ClN2O3/c16-13-7-11(17)3-6-14(13)18-15(20)9-21-12-4-1-10(8-19)2-5-12/h1-7,19H,8-9,17H2,(H,18,20). The van der Waals surface area contributed by atoms with Crippen LogP contribution >= 0.6 is 11.6 Å². The number of ether oxygens (including phenoxy) is 1. The van der Waals surface area contributed by atoms with Crippen LogP contribution in [0.2, 0.25) is 5.02 Å². The minimum Gasteiger partial charge on any atom is -0.484 e. The summed E-state index contributed by atoms with van der Waals surface area (Å²) < 4.78 is 5.34. The fraction of sp³-hybridized carbons (Fsp3) is 0.133. The molecule has 21 heavy (non-hydrogen) atoms. The van der Waals surface area contributed by atoms with Gasteiger partial charge in [0.25, 0.3) is 5.91 Å². The summed E-state index contributed by atoms with van der Waals surface area (Å²) in [5.74, 6) is 0.221. The number of hydrogen-bond acceptors (Lipinski definition) is 4. The number of aliphatic hydroxyl groups excluding tert-OH is 1. The topological polar surface area (TPSA) is 84.6 Å². The number of nitrogens with one attached hydrogen (secondary N) is 1. The largest absolute Gasteiger partial charge is 0.484 e. The molecule has 2 aromatic rings. The van der Waals surface area contributed by atoms with Gasteiger partial charge in [0.1, 0.15) is 5.75 Å². The SMILES string of the molecule is Nc1ccc(NC(=O)COc2ccc(CO)cc2)c(Cl)c1. The highest BCUT2D eigenvalue weighted by atomic mass is 35.5. The lowest BCUT2D eigenvalue weighted by Crippen LogP contribution is -2.20. The number of carbonyl (C=O) groups is 1. The third-order valence-corrected chi connectivity index (χ3v) is 3.06. The van der Waals surface area contributed by atoms with Gasteiger partial charge in [-0.1, -0.05) is 23.7 Å². The van der Waals surface area contributed by atoms with E-state index in [0.29, 0.717) is 22.1 Å². The monoisotopic (exact) mass is 306 g/mol. The minimum absolute atomic E-state index is 0.0313. The van der Waals surface area contributed by atoms with Crippen molar-refractivity contribution in [2.75, 3.05) is 17.7 Å². The van der Waals surface area contributed by atoms with Crippen molar-refractivity contribution in [3.8, 4) is 5.75 Å². The van der Waals surface area contributed by atoms with Crippen LogP contribution in [0.25, 0.3) is 0 Å². The summed E-state index contributed by atoms with van der Waals surface area (Å²) in [5.41, 5.74) is 7.36. The van der Waals surface area contributed by atoms with Crippen molar-refractivity contribution in [3.63, 3.8) is 0 Å². The van der Waals surface area contributed by atoms with Crippen molar-refractivity contribution in [2.45, 2.75) is 6.61 Å². The Bertz CT molecular complexity index is 629. The Labute approximate surface area is 127 Å². The van der Waals surface area contributed by atoms with Gasteiger partial charge in [0.2, 0.25) is 0 Å². The predicted octanol–water partition coefficient (Wildman–Crippen LogP) is 2.43.